The van der Waals surface area contributed by atoms with Crippen molar-refractivity contribution in [3.05, 3.63) is 24.3 Å². The summed E-state index contributed by atoms with van der Waals surface area (Å²) in [6, 6.07) is 7.12. The number of aromatic hydroxyl groups is 1. The van der Waals surface area contributed by atoms with Crippen LogP contribution in [0.4, 0.5) is 5.69 Å². The Kier molecular flexibility index (Phi) is 3.60. The Bertz CT molecular complexity index is 357. The van der Waals surface area contributed by atoms with Gasteiger partial charge in [-0.3, -0.25) is 4.99 Å². The maximum Gasteiger partial charge on any atom is 0.115 e. The van der Waals surface area contributed by atoms with Gasteiger partial charge in [0, 0.05) is 5.71 Å². The molecule has 2 rings (SSSR count). The minimum absolute atomic E-state index is 0.304. The van der Waals surface area contributed by atoms with Crippen LogP contribution in [-0.2, 0) is 0 Å². The van der Waals surface area contributed by atoms with Gasteiger partial charge < -0.3 is 5.11 Å². The average Bonchev–Trinajstić information content (AvgIpc) is 2.33. The molecule has 1 aliphatic carbocycles. The summed E-state index contributed by atoms with van der Waals surface area (Å²) in [7, 11) is 0. The largest absolute Gasteiger partial charge is 0.508 e. The van der Waals surface area contributed by atoms with Gasteiger partial charge in [-0.2, -0.15) is 0 Å². The van der Waals surface area contributed by atoms with Crippen molar-refractivity contribution in [2.45, 2.75) is 39.0 Å². The fourth-order valence-electron chi connectivity index (χ4n) is 2.24. The van der Waals surface area contributed by atoms with Crippen LogP contribution in [0.3, 0.4) is 0 Å². The van der Waals surface area contributed by atoms with E-state index in [2.05, 4.69) is 11.9 Å². The zero-order valence-electron chi connectivity index (χ0n) is 9.82. The molecule has 1 N–H and O–H groups in total. The highest BCUT2D eigenvalue weighted by molar-refractivity contribution is 5.87. The standard InChI is InChI=1S/C14H19NO/c1-2-11-3-5-12(6-4-11)15-13-7-9-14(16)10-8-13/h7-11,16H,2-6H2,1H3. The summed E-state index contributed by atoms with van der Waals surface area (Å²) >= 11 is 0. The van der Waals surface area contributed by atoms with Gasteiger partial charge >= 0.3 is 0 Å². The van der Waals surface area contributed by atoms with E-state index in [9.17, 15) is 5.11 Å². The summed E-state index contributed by atoms with van der Waals surface area (Å²) in [5.41, 5.74) is 2.28. The maximum absolute atomic E-state index is 9.18. The first-order valence-electron chi connectivity index (χ1n) is 6.13. The Morgan fingerprint density at radius 3 is 2.38 bits per heavy atom. The minimum Gasteiger partial charge on any atom is -0.508 e. The number of rotatable bonds is 2. The van der Waals surface area contributed by atoms with Crippen molar-refractivity contribution in [2.75, 3.05) is 0 Å². The van der Waals surface area contributed by atoms with Gasteiger partial charge in [-0.25, -0.2) is 0 Å². The second kappa shape index (κ2) is 5.15. The Balaban J connectivity index is 2.00. The van der Waals surface area contributed by atoms with Crippen molar-refractivity contribution in [1.29, 1.82) is 0 Å². The van der Waals surface area contributed by atoms with E-state index in [4.69, 9.17) is 0 Å². The minimum atomic E-state index is 0.304. The van der Waals surface area contributed by atoms with Crippen LogP contribution in [0.1, 0.15) is 39.0 Å². The number of hydrogen-bond acceptors (Lipinski definition) is 2. The fraction of sp³-hybridized carbons (Fsp3) is 0.500. The SMILES string of the molecule is CCC1CCC(=Nc2ccc(O)cc2)CC1. The number of aliphatic imine (C=N–C) groups is 1. The zero-order valence-corrected chi connectivity index (χ0v) is 9.82. The van der Waals surface area contributed by atoms with Crippen LogP contribution >= 0.6 is 0 Å². The third-order valence-electron chi connectivity index (χ3n) is 3.40. The number of nitrogens with zero attached hydrogens (tertiary/aromatic N) is 1. The molecule has 0 spiro atoms. The quantitative estimate of drug-likeness (QED) is 0.796. The second-order valence-corrected chi connectivity index (χ2v) is 4.55. The number of phenols is 1. The van der Waals surface area contributed by atoms with Crippen molar-refractivity contribution >= 4 is 11.4 Å². The van der Waals surface area contributed by atoms with E-state index < -0.39 is 0 Å². The van der Waals surface area contributed by atoms with Gasteiger partial charge in [-0.1, -0.05) is 13.3 Å². The fourth-order valence-corrected chi connectivity index (χ4v) is 2.24. The molecule has 2 nitrogen and oxygen atoms in total. The normalized spacial score (nSPS) is 20.8. The molecule has 0 heterocycles. The van der Waals surface area contributed by atoms with Crippen LogP contribution in [0, 0.1) is 5.92 Å². The molecule has 2 heteroatoms. The van der Waals surface area contributed by atoms with Gasteiger partial charge in [0.25, 0.3) is 0 Å². The lowest BCUT2D eigenvalue weighted by Crippen LogP contribution is -2.13. The van der Waals surface area contributed by atoms with Crippen LogP contribution < -0.4 is 0 Å². The lowest BCUT2D eigenvalue weighted by atomic mass is 9.86. The summed E-state index contributed by atoms with van der Waals surface area (Å²) < 4.78 is 0. The molecule has 1 aromatic carbocycles. The Morgan fingerprint density at radius 2 is 1.81 bits per heavy atom. The molecule has 1 aromatic rings. The first kappa shape index (κ1) is 11.2. The van der Waals surface area contributed by atoms with Gasteiger partial charge in [0.2, 0.25) is 0 Å². The first-order chi connectivity index (χ1) is 7.78. The molecule has 86 valence electrons. The molecular formula is C14H19NO. The van der Waals surface area contributed by atoms with E-state index in [1.807, 2.05) is 12.1 Å². The van der Waals surface area contributed by atoms with Crippen molar-refractivity contribution in [1.82, 2.24) is 0 Å². The van der Waals surface area contributed by atoms with Crippen LogP contribution in [0.15, 0.2) is 29.3 Å². The third-order valence-corrected chi connectivity index (χ3v) is 3.40. The van der Waals surface area contributed by atoms with E-state index in [1.54, 1.807) is 12.1 Å². The van der Waals surface area contributed by atoms with Crippen molar-refractivity contribution in [2.24, 2.45) is 10.9 Å². The number of benzene rings is 1. The molecule has 0 amide bonds. The molecule has 0 bridgehead atoms. The van der Waals surface area contributed by atoms with E-state index >= 15 is 0 Å². The van der Waals surface area contributed by atoms with Crippen LogP contribution in [-0.4, -0.2) is 10.8 Å². The Morgan fingerprint density at radius 1 is 1.19 bits per heavy atom. The summed E-state index contributed by atoms with van der Waals surface area (Å²) in [5, 5.41) is 9.18. The molecule has 16 heavy (non-hydrogen) atoms. The van der Waals surface area contributed by atoms with Gasteiger partial charge in [-0.15, -0.1) is 0 Å². The average molecular weight is 217 g/mol. The van der Waals surface area contributed by atoms with Crippen molar-refractivity contribution in [3.8, 4) is 5.75 Å². The van der Waals surface area contributed by atoms with Crippen LogP contribution in [0.2, 0.25) is 0 Å². The lowest BCUT2D eigenvalue weighted by molar-refractivity contribution is 0.429. The van der Waals surface area contributed by atoms with E-state index in [0.29, 0.717) is 5.75 Å². The summed E-state index contributed by atoms with van der Waals surface area (Å²) in [6.07, 6.45) is 6.14. The molecule has 1 saturated carbocycles. The molecule has 1 aliphatic rings. The highest BCUT2D eigenvalue weighted by Gasteiger charge is 2.15. The highest BCUT2D eigenvalue weighted by atomic mass is 16.3. The molecule has 0 unspecified atom stereocenters. The second-order valence-electron chi connectivity index (χ2n) is 4.55. The first-order valence-corrected chi connectivity index (χ1v) is 6.13. The monoisotopic (exact) mass is 217 g/mol. The van der Waals surface area contributed by atoms with Crippen molar-refractivity contribution < 1.29 is 5.11 Å². The molecular weight excluding hydrogens is 198 g/mol. The molecule has 0 atom stereocenters. The summed E-state index contributed by atoms with van der Waals surface area (Å²) in [4.78, 5) is 4.63. The molecule has 1 fully saturated rings. The van der Waals surface area contributed by atoms with Gasteiger partial charge in [0.05, 0.1) is 5.69 Å². The van der Waals surface area contributed by atoms with Gasteiger partial charge in [-0.05, 0) is 55.9 Å². The maximum atomic E-state index is 9.18. The Labute approximate surface area is 97.0 Å². The number of hydrogen-bond donors (Lipinski definition) is 1. The Hall–Kier alpha value is -1.31. The van der Waals surface area contributed by atoms with Gasteiger partial charge in [0.1, 0.15) is 5.75 Å². The van der Waals surface area contributed by atoms with Crippen LogP contribution in [0.25, 0.3) is 0 Å². The summed E-state index contributed by atoms with van der Waals surface area (Å²) in [5.74, 6) is 1.21. The van der Waals surface area contributed by atoms with Crippen molar-refractivity contribution in [3.63, 3.8) is 0 Å². The molecule has 0 aliphatic heterocycles. The predicted molar refractivity (Wildman–Crippen MR) is 67.5 cm³/mol. The van der Waals surface area contributed by atoms with Crippen LogP contribution in [0.5, 0.6) is 5.75 Å². The van der Waals surface area contributed by atoms with Gasteiger partial charge in [0.15, 0.2) is 0 Å². The number of phenolic OH excluding ortho intramolecular Hbond substituents is 1. The lowest BCUT2D eigenvalue weighted by Gasteiger charge is -2.21. The smallest absolute Gasteiger partial charge is 0.115 e. The summed E-state index contributed by atoms with van der Waals surface area (Å²) in [6.45, 7) is 2.27. The van der Waals surface area contributed by atoms with E-state index in [1.165, 1.54) is 25.0 Å². The molecule has 0 saturated heterocycles. The van der Waals surface area contributed by atoms with E-state index in [0.717, 1.165) is 24.4 Å². The van der Waals surface area contributed by atoms with E-state index in [-0.39, 0.29) is 0 Å². The predicted octanol–water partition coefficient (Wildman–Crippen LogP) is 4.06. The topological polar surface area (TPSA) is 32.6 Å². The molecule has 0 aromatic heterocycles. The highest BCUT2D eigenvalue weighted by Crippen LogP contribution is 2.27. The molecule has 0 radical (unpaired) electrons. The third kappa shape index (κ3) is 2.84. The zero-order chi connectivity index (χ0) is 11.4.